The number of benzene rings is 1. The molecule has 6 nitrogen and oxygen atoms in total. The fourth-order valence-corrected chi connectivity index (χ4v) is 1.62. The van der Waals surface area contributed by atoms with Crippen molar-refractivity contribution in [2.24, 2.45) is 0 Å². The van der Waals surface area contributed by atoms with Crippen molar-refractivity contribution in [3.05, 3.63) is 28.3 Å². The molecule has 6 heteroatoms. The van der Waals surface area contributed by atoms with Crippen LogP contribution in [0.5, 0.6) is 5.75 Å². The molecule has 1 aromatic rings. The number of para-hydroxylation sites is 1. The van der Waals surface area contributed by atoms with Gasteiger partial charge in [-0.05, 0) is 39.6 Å². The number of likely N-dealkylation sites (N-methyl/N-ethyl adjacent to an activating group) is 1. The van der Waals surface area contributed by atoms with E-state index in [9.17, 15) is 10.1 Å². The first kappa shape index (κ1) is 16.2. The lowest BCUT2D eigenvalue weighted by molar-refractivity contribution is -0.385. The molecule has 0 saturated heterocycles. The summed E-state index contributed by atoms with van der Waals surface area (Å²) in [6.45, 7) is 5.12. The van der Waals surface area contributed by atoms with Crippen molar-refractivity contribution >= 4 is 11.4 Å². The Morgan fingerprint density at radius 1 is 1.45 bits per heavy atom. The van der Waals surface area contributed by atoms with E-state index in [0.29, 0.717) is 24.6 Å². The minimum Gasteiger partial charge on any atom is -0.487 e. The number of nitrogens with zero attached hydrogens (tertiary/aromatic N) is 2. The van der Waals surface area contributed by atoms with E-state index < -0.39 is 4.92 Å². The van der Waals surface area contributed by atoms with Crippen molar-refractivity contribution in [2.45, 2.75) is 26.3 Å². The third-order valence-electron chi connectivity index (χ3n) is 3.11. The maximum atomic E-state index is 11.3. The van der Waals surface area contributed by atoms with Gasteiger partial charge in [-0.15, -0.1) is 0 Å². The average molecular weight is 281 g/mol. The molecule has 0 saturated carbocycles. The Bertz CT molecular complexity index is 449. The summed E-state index contributed by atoms with van der Waals surface area (Å²) in [5, 5.41) is 14.4. The molecule has 1 rings (SSSR count). The summed E-state index contributed by atoms with van der Waals surface area (Å²) in [7, 11) is 3.95. The molecule has 1 N–H and O–H groups in total. The zero-order valence-electron chi connectivity index (χ0n) is 12.5. The number of rotatable bonds is 8. The van der Waals surface area contributed by atoms with Crippen molar-refractivity contribution in [1.29, 1.82) is 0 Å². The molecule has 1 unspecified atom stereocenters. The van der Waals surface area contributed by atoms with Crippen LogP contribution in [0.4, 0.5) is 11.4 Å². The van der Waals surface area contributed by atoms with Crippen LogP contribution in [-0.2, 0) is 0 Å². The molecular formula is C14H23N3O3. The largest absolute Gasteiger partial charge is 0.487 e. The third kappa shape index (κ3) is 4.38. The van der Waals surface area contributed by atoms with E-state index in [1.54, 1.807) is 18.2 Å². The van der Waals surface area contributed by atoms with Crippen LogP contribution in [-0.4, -0.2) is 43.1 Å². The SMILES string of the molecule is CCCOc1cccc(NCC(C)N(C)C)c1[N+](=O)[O-]. The minimum atomic E-state index is -0.395. The quantitative estimate of drug-likeness (QED) is 0.586. The number of nitro benzene ring substituents is 1. The van der Waals surface area contributed by atoms with Gasteiger partial charge in [0.15, 0.2) is 5.75 Å². The Morgan fingerprint density at radius 3 is 2.70 bits per heavy atom. The Morgan fingerprint density at radius 2 is 2.15 bits per heavy atom. The maximum Gasteiger partial charge on any atom is 0.333 e. The summed E-state index contributed by atoms with van der Waals surface area (Å²) in [6, 6.07) is 5.38. The maximum absolute atomic E-state index is 11.3. The van der Waals surface area contributed by atoms with Crippen LogP contribution in [0.25, 0.3) is 0 Å². The number of nitrogens with one attached hydrogen (secondary N) is 1. The molecule has 0 amide bonds. The lowest BCUT2D eigenvalue weighted by Gasteiger charge is -2.20. The lowest BCUT2D eigenvalue weighted by Crippen LogP contribution is -2.31. The highest BCUT2D eigenvalue weighted by atomic mass is 16.6. The second-order valence-electron chi connectivity index (χ2n) is 4.95. The summed E-state index contributed by atoms with van der Waals surface area (Å²) < 4.78 is 5.45. The van der Waals surface area contributed by atoms with Gasteiger partial charge in [0.1, 0.15) is 5.69 Å². The van der Waals surface area contributed by atoms with Crippen molar-refractivity contribution in [1.82, 2.24) is 4.90 Å². The number of ether oxygens (including phenoxy) is 1. The molecule has 0 bridgehead atoms. The molecule has 0 aliphatic rings. The molecule has 0 spiro atoms. The van der Waals surface area contributed by atoms with Gasteiger partial charge in [-0.3, -0.25) is 10.1 Å². The Hall–Kier alpha value is -1.82. The minimum absolute atomic E-state index is 0.00639. The van der Waals surface area contributed by atoms with Gasteiger partial charge in [0, 0.05) is 12.6 Å². The van der Waals surface area contributed by atoms with Crippen LogP contribution in [0.2, 0.25) is 0 Å². The molecule has 0 radical (unpaired) electrons. The second kappa shape index (κ2) is 7.69. The monoisotopic (exact) mass is 281 g/mol. The molecule has 0 aliphatic carbocycles. The van der Waals surface area contributed by atoms with Gasteiger partial charge in [-0.1, -0.05) is 13.0 Å². The van der Waals surface area contributed by atoms with Crippen LogP contribution in [0.3, 0.4) is 0 Å². The first-order valence-corrected chi connectivity index (χ1v) is 6.77. The van der Waals surface area contributed by atoms with Crippen LogP contribution in [0.15, 0.2) is 18.2 Å². The first-order valence-electron chi connectivity index (χ1n) is 6.77. The first-order chi connectivity index (χ1) is 9.47. The number of hydrogen-bond donors (Lipinski definition) is 1. The van der Waals surface area contributed by atoms with Gasteiger partial charge in [0.25, 0.3) is 0 Å². The number of hydrogen-bond acceptors (Lipinski definition) is 5. The fourth-order valence-electron chi connectivity index (χ4n) is 1.62. The molecule has 112 valence electrons. The molecule has 20 heavy (non-hydrogen) atoms. The fraction of sp³-hybridized carbons (Fsp3) is 0.571. The molecule has 0 aromatic heterocycles. The molecule has 0 fully saturated rings. The second-order valence-corrected chi connectivity index (χ2v) is 4.95. The molecular weight excluding hydrogens is 258 g/mol. The number of nitro groups is 1. The Balaban J connectivity index is 2.91. The third-order valence-corrected chi connectivity index (χ3v) is 3.11. The standard InChI is InChI=1S/C14H23N3O3/c1-5-9-20-13-8-6-7-12(14(13)17(18)19)15-10-11(2)16(3)4/h6-8,11,15H,5,9-10H2,1-4H3. The predicted molar refractivity (Wildman–Crippen MR) is 80.5 cm³/mol. The molecule has 0 heterocycles. The summed E-state index contributed by atoms with van der Waals surface area (Å²) in [5.74, 6) is 0.319. The van der Waals surface area contributed by atoms with Crippen LogP contribution in [0, 0.1) is 10.1 Å². The van der Waals surface area contributed by atoms with E-state index in [2.05, 4.69) is 17.1 Å². The average Bonchev–Trinajstić information content (AvgIpc) is 2.41. The zero-order chi connectivity index (χ0) is 15.1. The van der Waals surface area contributed by atoms with Gasteiger partial charge >= 0.3 is 5.69 Å². The highest BCUT2D eigenvalue weighted by Crippen LogP contribution is 2.34. The summed E-state index contributed by atoms with van der Waals surface area (Å²) in [6.07, 6.45) is 0.812. The van der Waals surface area contributed by atoms with Crippen molar-refractivity contribution in [3.8, 4) is 5.75 Å². The van der Waals surface area contributed by atoms with Crippen molar-refractivity contribution in [2.75, 3.05) is 32.6 Å². The summed E-state index contributed by atoms with van der Waals surface area (Å²) in [5.41, 5.74) is 0.504. The molecule has 1 aromatic carbocycles. The lowest BCUT2D eigenvalue weighted by atomic mass is 10.2. The number of anilines is 1. The van der Waals surface area contributed by atoms with E-state index in [4.69, 9.17) is 4.74 Å². The smallest absolute Gasteiger partial charge is 0.333 e. The van der Waals surface area contributed by atoms with Crippen LogP contribution >= 0.6 is 0 Å². The Kier molecular flexibility index (Phi) is 6.24. The molecule has 0 aliphatic heterocycles. The van der Waals surface area contributed by atoms with E-state index in [-0.39, 0.29) is 11.7 Å². The summed E-state index contributed by atoms with van der Waals surface area (Å²) >= 11 is 0. The topological polar surface area (TPSA) is 67.6 Å². The molecule has 1 atom stereocenters. The van der Waals surface area contributed by atoms with E-state index in [1.807, 2.05) is 21.0 Å². The predicted octanol–water partition coefficient (Wildman–Crippen LogP) is 2.75. The van der Waals surface area contributed by atoms with E-state index in [0.717, 1.165) is 6.42 Å². The Labute approximate surface area is 119 Å². The van der Waals surface area contributed by atoms with Gasteiger partial charge in [-0.2, -0.15) is 0 Å². The van der Waals surface area contributed by atoms with Gasteiger partial charge in [0.05, 0.1) is 11.5 Å². The van der Waals surface area contributed by atoms with Gasteiger partial charge in [0.2, 0.25) is 0 Å². The highest BCUT2D eigenvalue weighted by Gasteiger charge is 2.21. The van der Waals surface area contributed by atoms with E-state index in [1.165, 1.54) is 0 Å². The zero-order valence-corrected chi connectivity index (χ0v) is 12.5. The van der Waals surface area contributed by atoms with Crippen molar-refractivity contribution < 1.29 is 9.66 Å². The van der Waals surface area contributed by atoms with Crippen LogP contribution < -0.4 is 10.1 Å². The normalized spacial score (nSPS) is 12.2. The summed E-state index contributed by atoms with van der Waals surface area (Å²) in [4.78, 5) is 12.9. The van der Waals surface area contributed by atoms with Gasteiger partial charge < -0.3 is 15.0 Å². The van der Waals surface area contributed by atoms with E-state index >= 15 is 0 Å². The van der Waals surface area contributed by atoms with Crippen LogP contribution in [0.1, 0.15) is 20.3 Å². The van der Waals surface area contributed by atoms with Gasteiger partial charge in [-0.25, -0.2) is 0 Å². The highest BCUT2D eigenvalue weighted by molar-refractivity contribution is 5.68. The van der Waals surface area contributed by atoms with Crippen molar-refractivity contribution in [3.63, 3.8) is 0 Å².